The van der Waals surface area contributed by atoms with E-state index in [1.54, 1.807) is 46.8 Å². The molecule has 8 heteroatoms. The molecule has 21 heavy (non-hydrogen) atoms. The molecule has 0 bridgehead atoms. The molecule has 1 N–H and O–H groups in total. The van der Waals surface area contributed by atoms with Gasteiger partial charge in [0.2, 0.25) is 5.91 Å². The molecular weight excluding hydrogens is 272 g/mol. The molecule has 0 saturated carbocycles. The minimum Gasteiger partial charge on any atom is -0.357 e. The Hall–Kier alpha value is -2.64. The Balaban J connectivity index is 1.89. The summed E-state index contributed by atoms with van der Waals surface area (Å²) in [6.45, 7) is 0.701. The van der Waals surface area contributed by atoms with Crippen molar-refractivity contribution in [2.45, 2.75) is 12.6 Å². The summed E-state index contributed by atoms with van der Waals surface area (Å²) in [6, 6.07) is 2.97. The molecule has 110 valence electrons. The number of rotatable bonds is 2. The number of carbonyl (C=O) groups is 2. The average molecular weight is 288 g/mol. The summed E-state index contributed by atoms with van der Waals surface area (Å²) >= 11 is 0. The van der Waals surface area contributed by atoms with E-state index in [1.807, 2.05) is 6.07 Å². The highest BCUT2D eigenvalue weighted by molar-refractivity contribution is 5.93. The molecule has 0 fully saturated rings. The Morgan fingerprint density at radius 1 is 1.38 bits per heavy atom. The van der Waals surface area contributed by atoms with Crippen molar-refractivity contribution >= 4 is 11.8 Å². The number of fused-ring (bicyclic) bond motifs is 1. The average Bonchev–Trinajstić information content (AvgIpc) is 3.12. The summed E-state index contributed by atoms with van der Waals surface area (Å²) in [5.41, 5.74) is 1.21. The van der Waals surface area contributed by atoms with Crippen LogP contribution in [-0.4, -0.2) is 49.9 Å². The van der Waals surface area contributed by atoms with E-state index in [0.29, 0.717) is 12.2 Å². The molecule has 2 aromatic heterocycles. The fourth-order valence-electron chi connectivity index (χ4n) is 2.50. The zero-order valence-electron chi connectivity index (χ0n) is 11.9. The van der Waals surface area contributed by atoms with Gasteiger partial charge in [-0.3, -0.25) is 19.0 Å². The second-order valence-corrected chi connectivity index (χ2v) is 4.96. The quantitative estimate of drug-likeness (QED) is 0.812. The van der Waals surface area contributed by atoms with Gasteiger partial charge in [-0.25, -0.2) is 0 Å². The maximum absolute atomic E-state index is 12.5. The van der Waals surface area contributed by atoms with Crippen LogP contribution in [0.4, 0.5) is 0 Å². The Morgan fingerprint density at radius 3 is 2.86 bits per heavy atom. The number of nitrogens with one attached hydrogen (secondary N) is 1. The van der Waals surface area contributed by atoms with Crippen molar-refractivity contribution in [3.63, 3.8) is 0 Å². The van der Waals surface area contributed by atoms with Crippen molar-refractivity contribution in [1.29, 1.82) is 0 Å². The van der Waals surface area contributed by atoms with Gasteiger partial charge in [0.15, 0.2) is 0 Å². The van der Waals surface area contributed by atoms with Gasteiger partial charge in [0.05, 0.1) is 18.8 Å². The lowest BCUT2D eigenvalue weighted by Gasteiger charge is -2.32. The highest BCUT2D eigenvalue weighted by Crippen LogP contribution is 2.21. The van der Waals surface area contributed by atoms with Gasteiger partial charge in [-0.05, 0) is 12.1 Å². The van der Waals surface area contributed by atoms with Crippen LogP contribution in [0.25, 0.3) is 0 Å². The van der Waals surface area contributed by atoms with Crippen LogP contribution in [0.5, 0.6) is 0 Å². The molecule has 0 radical (unpaired) electrons. The van der Waals surface area contributed by atoms with Gasteiger partial charge in [-0.15, -0.1) is 0 Å². The molecule has 3 heterocycles. The molecule has 0 spiro atoms. The largest absolute Gasteiger partial charge is 0.357 e. The minimum absolute atomic E-state index is 0.168. The topological polar surface area (TPSA) is 85.1 Å². The van der Waals surface area contributed by atoms with Gasteiger partial charge < -0.3 is 10.2 Å². The summed E-state index contributed by atoms with van der Waals surface area (Å²) in [6.07, 6.45) is 3.36. The highest BCUT2D eigenvalue weighted by Gasteiger charge is 2.33. The molecule has 1 aliphatic rings. The first kappa shape index (κ1) is 13.3. The Labute approximate surface area is 121 Å². The van der Waals surface area contributed by atoms with Gasteiger partial charge in [-0.1, -0.05) is 0 Å². The maximum Gasteiger partial charge on any atom is 0.274 e. The van der Waals surface area contributed by atoms with E-state index in [2.05, 4.69) is 15.5 Å². The number of amides is 2. The number of likely N-dealkylation sites (N-methyl/N-ethyl adjacent to an activating group) is 1. The Kier molecular flexibility index (Phi) is 3.20. The molecule has 2 aromatic rings. The van der Waals surface area contributed by atoms with E-state index in [-0.39, 0.29) is 18.4 Å². The van der Waals surface area contributed by atoms with Crippen LogP contribution < -0.4 is 5.32 Å². The second kappa shape index (κ2) is 5.04. The number of aryl methyl sites for hydroxylation is 1. The van der Waals surface area contributed by atoms with Crippen molar-refractivity contribution < 1.29 is 9.59 Å². The third-order valence-corrected chi connectivity index (χ3v) is 3.56. The van der Waals surface area contributed by atoms with E-state index < -0.39 is 6.04 Å². The van der Waals surface area contributed by atoms with Gasteiger partial charge in [0.1, 0.15) is 11.7 Å². The van der Waals surface area contributed by atoms with E-state index in [1.165, 1.54) is 0 Å². The molecule has 1 atom stereocenters. The molecule has 1 aliphatic heterocycles. The van der Waals surface area contributed by atoms with Crippen LogP contribution in [0.15, 0.2) is 24.5 Å². The van der Waals surface area contributed by atoms with E-state index in [9.17, 15) is 9.59 Å². The molecule has 0 aliphatic carbocycles. The monoisotopic (exact) mass is 288 g/mol. The molecule has 0 unspecified atom stereocenters. The zero-order chi connectivity index (χ0) is 15.0. The number of aromatic nitrogens is 4. The fourth-order valence-corrected chi connectivity index (χ4v) is 2.50. The normalized spacial score (nSPS) is 17.4. The Bertz CT molecular complexity index is 688. The molecule has 0 aromatic carbocycles. The molecular formula is C13H16N6O2. The summed E-state index contributed by atoms with van der Waals surface area (Å²) in [5, 5.41) is 10.9. The number of nitrogens with zero attached hydrogens (tertiary/aromatic N) is 5. The van der Waals surface area contributed by atoms with Gasteiger partial charge in [-0.2, -0.15) is 10.2 Å². The smallest absolute Gasteiger partial charge is 0.274 e. The lowest BCUT2D eigenvalue weighted by atomic mass is 10.1. The first-order valence-corrected chi connectivity index (χ1v) is 6.63. The summed E-state index contributed by atoms with van der Waals surface area (Å²) in [7, 11) is 3.33. The first-order chi connectivity index (χ1) is 10.1. The predicted molar refractivity (Wildman–Crippen MR) is 73.3 cm³/mol. The third kappa shape index (κ3) is 2.28. The highest BCUT2D eigenvalue weighted by atomic mass is 16.2. The van der Waals surface area contributed by atoms with Crippen molar-refractivity contribution in [1.82, 2.24) is 29.8 Å². The van der Waals surface area contributed by atoms with Crippen molar-refractivity contribution in [3.05, 3.63) is 35.9 Å². The summed E-state index contributed by atoms with van der Waals surface area (Å²) in [4.78, 5) is 26.1. The van der Waals surface area contributed by atoms with Crippen LogP contribution in [0.1, 0.15) is 22.2 Å². The number of hydrogen-bond donors (Lipinski definition) is 1. The number of carbonyl (C=O) groups excluding carboxylic acids is 2. The van der Waals surface area contributed by atoms with E-state index in [4.69, 9.17) is 0 Å². The van der Waals surface area contributed by atoms with Crippen LogP contribution >= 0.6 is 0 Å². The molecule has 0 saturated heterocycles. The van der Waals surface area contributed by atoms with Gasteiger partial charge in [0, 0.05) is 26.5 Å². The van der Waals surface area contributed by atoms with Gasteiger partial charge >= 0.3 is 0 Å². The summed E-state index contributed by atoms with van der Waals surface area (Å²) < 4.78 is 3.25. The van der Waals surface area contributed by atoms with Crippen LogP contribution in [0.2, 0.25) is 0 Å². The zero-order valence-corrected chi connectivity index (χ0v) is 11.9. The number of hydrogen-bond acceptors (Lipinski definition) is 4. The predicted octanol–water partition coefficient (Wildman–Crippen LogP) is -0.440. The van der Waals surface area contributed by atoms with Crippen molar-refractivity contribution in [2.75, 3.05) is 13.6 Å². The van der Waals surface area contributed by atoms with Crippen LogP contribution in [0, 0.1) is 0 Å². The van der Waals surface area contributed by atoms with Crippen LogP contribution in [0.3, 0.4) is 0 Å². The van der Waals surface area contributed by atoms with E-state index >= 15 is 0 Å². The third-order valence-electron chi connectivity index (χ3n) is 3.56. The standard InChI is InChI=1S/C13H16N6O2/c1-14-12(20)11-8-18(7-9-3-5-15-19(9)11)13(21)10-4-6-17(2)16-10/h3-6,11H,7-8H2,1-2H3,(H,14,20)/t11-/m1/s1. The summed E-state index contributed by atoms with van der Waals surface area (Å²) in [5.74, 6) is -0.351. The Morgan fingerprint density at radius 2 is 2.19 bits per heavy atom. The lowest BCUT2D eigenvalue weighted by Crippen LogP contribution is -2.46. The fraction of sp³-hybridized carbons (Fsp3) is 0.385. The van der Waals surface area contributed by atoms with Crippen molar-refractivity contribution in [2.24, 2.45) is 7.05 Å². The molecule has 3 rings (SSSR count). The van der Waals surface area contributed by atoms with Crippen LogP contribution in [-0.2, 0) is 18.4 Å². The lowest BCUT2D eigenvalue weighted by molar-refractivity contribution is -0.125. The SMILES string of the molecule is CNC(=O)[C@H]1CN(C(=O)c2ccn(C)n2)Cc2ccnn21. The second-order valence-electron chi connectivity index (χ2n) is 4.96. The van der Waals surface area contributed by atoms with Crippen molar-refractivity contribution in [3.8, 4) is 0 Å². The van der Waals surface area contributed by atoms with Gasteiger partial charge in [0.25, 0.3) is 5.91 Å². The minimum atomic E-state index is -0.513. The van der Waals surface area contributed by atoms with E-state index in [0.717, 1.165) is 5.69 Å². The molecule has 2 amide bonds. The first-order valence-electron chi connectivity index (χ1n) is 6.63. The maximum atomic E-state index is 12.5. The molecule has 8 nitrogen and oxygen atoms in total.